The van der Waals surface area contributed by atoms with Crippen molar-refractivity contribution in [3.8, 4) is 0 Å². The topological polar surface area (TPSA) is 37.3 Å². The Morgan fingerprint density at radius 1 is 1.58 bits per heavy atom. The van der Waals surface area contributed by atoms with E-state index in [1.54, 1.807) is 6.07 Å². The zero-order chi connectivity index (χ0) is 9.14. The molecule has 0 saturated carbocycles. The number of aliphatic hydroxyl groups is 1. The first-order valence-electron chi connectivity index (χ1n) is 3.24. The molecular formula is C8H6BrFO2. The molecule has 1 aromatic carbocycles. The van der Waals surface area contributed by atoms with E-state index in [4.69, 9.17) is 5.11 Å². The van der Waals surface area contributed by atoms with Gasteiger partial charge in [0.2, 0.25) is 0 Å². The Morgan fingerprint density at radius 2 is 2.25 bits per heavy atom. The molecule has 1 N–H and O–H groups in total. The lowest BCUT2D eigenvalue weighted by molar-refractivity contribution is -0.115. The van der Waals surface area contributed by atoms with Gasteiger partial charge in [-0.25, -0.2) is 4.39 Å². The van der Waals surface area contributed by atoms with Crippen LogP contribution in [0.15, 0.2) is 22.7 Å². The summed E-state index contributed by atoms with van der Waals surface area (Å²) in [7, 11) is 0. The number of carbonyl (C=O) groups excluding carboxylic acids is 1. The summed E-state index contributed by atoms with van der Waals surface area (Å²) >= 11 is 2.94. The number of aldehydes is 1. The van der Waals surface area contributed by atoms with E-state index in [9.17, 15) is 9.18 Å². The lowest BCUT2D eigenvalue weighted by Crippen LogP contribution is -2.01. The fourth-order valence-corrected chi connectivity index (χ4v) is 1.20. The van der Waals surface area contributed by atoms with Crippen LogP contribution in [0.1, 0.15) is 11.7 Å². The summed E-state index contributed by atoms with van der Waals surface area (Å²) in [5.41, 5.74) is -0.0145. The van der Waals surface area contributed by atoms with Crippen molar-refractivity contribution in [2.24, 2.45) is 0 Å². The van der Waals surface area contributed by atoms with Crippen molar-refractivity contribution >= 4 is 22.2 Å². The predicted octanol–water partition coefficient (Wildman–Crippen LogP) is 1.82. The minimum atomic E-state index is -1.39. The van der Waals surface area contributed by atoms with Gasteiger partial charge in [0.25, 0.3) is 0 Å². The number of aliphatic hydroxyl groups excluding tert-OH is 1. The average molecular weight is 233 g/mol. The molecule has 4 heteroatoms. The Hall–Kier alpha value is -0.740. The van der Waals surface area contributed by atoms with Crippen LogP contribution in [0.4, 0.5) is 4.39 Å². The van der Waals surface area contributed by atoms with Crippen molar-refractivity contribution in [3.05, 3.63) is 34.1 Å². The third-order valence-electron chi connectivity index (χ3n) is 1.43. The highest BCUT2D eigenvalue weighted by molar-refractivity contribution is 9.10. The summed E-state index contributed by atoms with van der Waals surface area (Å²) in [4.78, 5) is 10.1. The Morgan fingerprint density at radius 3 is 2.83 bits per heavy atom. The van der Waals surface area contributed by atoms with Crippen LogP contribution in [0.5, 0.6) is 0 Å². The molecule has 0 saturated heterocycles. The van der Waals surface area contributed by atoms with Crippen LogP contribution < -0.4 is 0 Å². The molecule has 0 aliphatic rings. The Kier molecular flexibility index (Phi) is 2.94. The summed E-state index contributed by atoms with van der Waals surface area (Å²) in [5.74, 6) is -0.600. The van der Waals surface area contributed by atoms with Gasteiger partial charge in [0.1, 0.15) is 11.9 Å². The molecule has 0 heterocycles. The van der Waals surface area contributed by atoms with Gasteiger partial charge in [0.05, 0.1) is 4.47 Å². The molecule has 0 aromatic heterocycles. The zero-order valence-electron chi connectivity index (χ0n) is 6.00. The van der Waals surface area contributed by atoms with Crippen LogP contribution >= 0.6 is 15.9 Å². The van der Waals surface area contributed by atoms with Crippen LogP contribution in [0.3, 0.4) is 0 Å². The summed E-state index contributed by atoms with van der Waals surface area (Å²) in [6.45, 7) is 0. The summed E-state index contributed by atoms with van der Waals surface area (Å²) in [6.07, 6.45) is -1.10. The monoisotopic (exact) mass is 232 g/mol. The van der Waals surface area contributed by atoms with Crippen LogP contribution in [-0.4, -0.2) is 11.4 Å². The third kappa shape index (κ3) is 1.70. The molecule has 2 nitrogen and oxygen atoms in total. The first kappa shape index (κ1) is 9.35. The molecule has 1 aromatic rings. The maximum Gasteiger partial charge on any atom is 0.153 e. The third-order valence-corrected chi connectivity index (χ3v) is 2.04. The average Bonchev–Trinajstić information content (AvgIpc) is 2.08. The number of rotatable bonds is 2. The highest BCUT2D eigenvalue weighted by atomic mass is 79.9. The van der Waals surface area contributed by atoms with Gasteiger partial charge in [-0.2, -0.15) is 0 Å². The molecule has 0 bridgehead atoms. The van der Waals surface area contributed by atoms with Crippen molar-refractivity contribution in [1.29, 1.82) is 0 Å². The SMILES string of the molecule is O=CC(O)c1cccc(Br)c1F. The molecule has 0 spiro atoms. The first-order chi connectivity index (χ1) is 5.66. The highest BCUT2D eigenvalue weighted by Crippen LogP contribution is 2.22. The molecule has 0 radical (unpaired) electrons. The molecule has 1 unspecified atom stereocenters. The molecule has 0 amide bonds. The number of halogens is 2. The van der Waals surface area contributed by atoms with Crippen LogP contribution in [-0.2, 0) is 4.79 Å². The minimum Gasteiger partial charge on any atom is -0.381 e. The van der Waals surface area contributed by atoms with E-state index < -0.39 is 11.9 Å². The molecule has 1 rings (SSSR count). The fraction of sp³-hybridized carbons (Fsp3) is 0.125. The van der Waals surface area contributed by atoms with Gasteiger partial charge < -0.3 is 9.90 Å². The minimum absolute atomic E-state index is 0.0145. The molecule has 64 valence electrons. The lowest BCUT2D eigenvalue weighted by Gasteiger charge is -2.05. The second-order valence-corrected chi connectivity index (χ2v) is 3.08. The van der Waals surface area contributed by atoms with E-state index in [0.29, 0.717) is 0 Å². The Labute approximate surface area is 77.2 Å². The van der Waals surface area contributed by atoms with Gasteiger partial charge in [-0.05, 0) is 22.0 Å². The largest absolute Gasteiger partial charge is 0.381 e. The van der Waals surface area contributed by atoms with Crippen LogP contribution in [0, 0.1) is 5.82 Å². The van der Waals surface area contributed by atoms with Gasteiger partial charge in [-0.1, -0.05) is 12.1 Å². The summed E-state index contributed by atoms with van der Waals surface area (Å²) < 4.78 is 13.3. The Bertz CT molecular complexity index is 301. The maximum atomic E-state index is 13.1. The van der Waals surface area contributed by atoms with Gasteiger partial charge in [-0.3, -0.25) is 0 Å². The van der Waals surface area contributed by atoms with Gasteiger partial charge in [0.15, 0.2) is 6.29 Å². The molecular weight excluding hydrogens is 227 g/mol. The smallest absolute Gasteiger partial charge is 0.153 e. The normalized spacial score (nSPS) is 12.6. The number of carbonyl (C=O) groups is 1. The quantitative estimate of drug-likeness (QED) is 0.791. The molecule has 12 heavy (non-hydrogen) atoms. The molecule has 0 aliphatic heterocycles. The van der Waals surface area contributed by atoms with Gasteiger partial charge >= 0.3 is 0 Å². The lowest BCUT2D eigenvalue weighted by atomic mass is 10.1. The number of hydrogen-bond donors (Lipinski definition) is 1. The van der Waals surface area contributed by atoms with Gasteiger partial charge in [-0.15, -0.1) is 0 Å². The summed E-state index contributed by atoms with van der Waals surface area (Å²) in [6, 6.07) is 4.41. The summed E-state index contributed by atoms with van der Waals surface area (Å²) in [5, 5.41) is 9.01. The zero-order valence-corrected chi connectivity index (χ0v) is 7.58. The molecule has 0 fully saturated rings. The van der Waals surface area contributed by atoms with E-state index in [0.717, 1.165) is 0 Å². The maximum absolute atomic E-state index is 13.1. The van der Waals surface area contributed by atoms with Gasteiger partial charge in [0, 0.05) is 5.56 Å². The molecule has 0 aliphatic carbocycles. The van der Waals surface area contributed by atoms with E-state index in [1.807, 2.05) is 0 Å². The van der Waals surface area contributed by atoms with E-state index >= 15 is 0 Å². The van der Waals surface area contributed by atoms with Crippen molar-refractivity contribution < 1.29 is 14.3 Å². The predicted molar refractivity (Wildman–Crippen MR) is 45.1 cm³/mol. The van der Waals surface area contributed by atoms with E-state index in [-0.39, 0.29) is 16.3 Å². The van der Waals surface area contributed by atoms with Crippen LogP contribution in [0.25, 0.3) is 0 Å². The van der Waals surface area contributed by atoms with Crippen molar-refractivity contribution in [2.75, 3.05) is 0 Å². The van der Waals surface area contributed by atoms with Crippen LogP contribution in [0.2, 0.25) is 0 Å². The van der Waals surface area contributed by atoms with Crippen molar-refractivity contribution in [1.82, 2.24) is 0 Å². The van der Waals surface area contributed by atoms with Crippen molar-refractivity contribution in [2.45, 2.75) is 6.10 Å². The Balaban J connectivity index is 3.15. The highest BCUT2D eigenvalue weighted by Gasteiger charge is 2.12. The first-order valence-corrected chi connectivity index (χ1v) is 4.03. The standard InChI is InChI=1S/C8H6BrFO2/c9-6-3-1-2-5(8(6)10)7(12)4-11/h1-4,7,12H. The number of hydrogen-bond acceptors (Lipinski definition) is 2. The van der Waals surface area contributed by atoms with E-state index in [1.165, 1.54) is 12.1 Å². The second-order valence-electron chi connectivity index (χ2n) is 2.22. The molecule has 1 atom stereocenters. The second kappa shape index (κ2) is 3.78. The fourth-order valence-electron chi connectivity index (χ4n) is 0.822. The van der Waals surface area contributed by atoms with Crippen molar-refractivity contribution in [3.63, 3.8) is 0 Å². The number of benzene rings is 1. The van der Waals surface area contributed by atoms with E-state index in [2.05, 4.69) is 15.9 Å².